The molecule has 4 nitrogen and oxygen atoms in total. The molecule has 2 heterocycles. The van der Waals surface area contributed by atoms with E-state index < -0.39 is 0 Å². The third-order valence-corrected chi connectivity index (χ3v) is 4.46. The van der Waals surface area contributed by atoms with Crippen molar-refractivity contribution in [2.45, 2.75) is 13.3 Å². The Bertz CT molecular complexity index is 1030. The van der Waals surface area contributed by atoms with Crippen LogP contribution in [0, 0.1) is 6.92 Å². The number of pyridine rings is 1. The first-order chi connectivity index (χ1) is 12.8. The molecule has 2 aromatic heterocycles. The minimum atomic E-state index is 0.657. The summed E-state index contributed by atoms with van der Waals surface area (Å²) in [6.07, 6.45) is 6.45. The molecule has 2 aromatic carbocycles. The number of nitrogens with one attached hydrogen (secondary N) is 1. The summed E-state index contributed by atoms with van der Waals surface area (Å²) in [4.78, 5) is 13.2. The zero-order valence-electron chi connectivity index (χ0n) is 14.7. The number of nitrogens with zero attached hydrogens (tertiary/aromatic N) is 3. The van der Waals surface area contributed by atoms with Gasteiger partial charge >= 0.3 is 0 Å². The summed E-state index contributed by atoms with van der Waals surface area (Å²) < 4.78 is 0. The van der Waals surface area contributed by atoms with Gasteiger partial charge in [0, 0.05) is 30.5 Å². The van der Waals surface area contributed by atoms with Crippen LogP contribution >= 0.6 is 0 Å². The van der Waals surface area contributed by atoms with Crippen molar-refractivity contribution in [2.75, 3.05) is 11.9 Å². The Morgan fingerprint density at radius 2 is 1.88 bits per heavy atom. The maximum atomic E-state index is 4.63. The highest BCUT2D eigenvalue weighted by atomic mass is 15.1. The van der Waals surface area contributed by atoms with Gasteiger partial charge in [0.25, 0.3) is 0 Å². The van der Waals surface area contributed by atoms with E-state index in [1.54, 1.807) is 6.20 Å². The average Bonchev–Trinajstić information content (AvgIpc) is 2.69. The van der Waals surface area contributed by atoms with Crippen LogP contribution in [0.1, 0.15) is 11.1 Å². The third-order valence-electron chi connectivity index (χ3n) is 4.46. The van der Waals surface area contributed by atoms with Gasteiger partial charge in [0.1, 0.15) is 0 Å². The Morgan fingerprint density at radius 1 is 0.962 bits per heavy atom. The van der Waals surface area contributed by atoms with E-state index >= 15 is 0 Å². The van der Waals surface area contributed by atoms with Gasteiger partial charge < -0.3 is 5.32 Å². The lowest BCUT2D eigenvalue weighted by molar-refractivity contribution is 0.980. The van der Waals surface area contributed by atoms with Gasteiger partial charge in [-0.2, -0.15) is 0 Å². The van der Waals surface area contributed by atoms with Crippen LogP contribution in [0.4, 0.5) is 5.95 Å². The van der Waals surface area contributed by atoms with Gasteiger partial charge in [0.15, 0.2) is 0 Å². The molecule has 4 heteroatoms. The Kier molecular flexibility index (Phi) is 4.56. The summed E-state index contributed by atoms with van der Waals surface area (Å²) in [5, 5.41) is 4.34. The van der Waals surface area contributed by atoms with E-state index in [4.69, 9.17) is 0 Å². The smallest absolute Gasteiger partial charge is 0.223 e. The van der Waals surface area contributed by atoms with E-state index in [1.807, 2.05) is 18.5 Å². The van der Waals surface area contributed by atoms with Gasteiger partial charge in [-0.05, 0) is 53.8 Å². The minimum absolute atomic E-state index is 0.657. The SMILES string of the molecule is Cc1ccccc1-c1ccc2nc(NCCc3cccnc3)ncc2c1. The van der Waals surface area contributed by atoms with Crippen LogP contribution in [0.3, 0.4) is 0 Å². The summed E-state index contributed by atoms with van der Waals surface area (Å²) in [6.45, 7) is 2.91. The van der Waals surface area contributed by atoms with Crippen molar-refractivity contribution in [1.29, 1.82) is 0 Å². The molecular weight excluding hydrogens is 320 g/mol. The molecule has 0 atom stereocenters. The molecule has 4 aromatic rings. The fourth-order valence-corrected chi connectivity index (χ4v) is 3.05. The topological polar surface area (TPSA) is 50.7 Å². The number of hydrogen-bond donors (Lipinski definition) is 1. The summed E-state index contributed by atoms with van der Waals surface area (Å²) in [7, 11) is 0. The molecule has 128 valence electrons. The first kappa shape index (κ1) is 16.2. The first-order valence-electron chi connectivity index (χ1n) is 8.75. The number of hydrogen-bond acceptors (Lipinski definition) is 4. The van der Waals surface area contributed by atoms with Crippen LogP contribution in [-0.4, -0.2) is 21.5 Å². The zero-order valence-corrected chi connectivity index (χ0v) is 14.7. The predicted octanol–water partition coefficient (Wildman–Crippen LogP) is 4.65. The van der Waals surface area contributed by atoms with E-state index in [9.17, 15) is 0 Å². The highest BCUT2D eigenvalue weighted by Crippen LogP contribution is 2.26. The molecule has 0 unspecified atom stereocenters. The molecule has 0 bridgehead atoms. The number of rotatable bonds is 5. The summed E-state index contributed by atoms with van der Waals surface area (Å²) in [5.41, 5.74) is 5.84. The summed E-state index contributed by atoms with van der Waals surface area (Å²) in [5.74, 6) is 0.657. The monoisotopic (exact) mass is 340 g/mol. The van der Waals surface area contributed by atoms with Crippen LogP contribution in [0.25, 0.3) is 22.0 Å². The highest BCUT2D eigenvalue weighted by Gasteiger charge is 2.05. The normalized spacial score (nSPS) is 10.8. The second kappa shape index (κ2) is 7.31. The predicted molar refractivity (Wildman–Crippen MR) is 106 cm³/mol. The van der Waals surface area contributed by atoms with Gasteiger partial charge in [-0.1, -0.05) is 36.4 Å². The minimum Gasteiger partial charge on any atom is -0.354 e. The summed E-state index contributed by atoms with van der Waals surface area (Å²) >= 11 is 0. The van der Waals surface area contributed by atoms with Crippen LogP contribution in [0.2, 0.25) is 0 Å². The maximum Gasteiger partial charge on any atom is 0.223 e. The lowest BCUT2D eigenvalue weighted by Crippen LogP contribution is -2.08. The van der Waals surface area contributed by atoms with Crippen molar-refractivity contribution in [3.8, 4) is 11.1 Å². The standard InChI is InChI=1S/C22H20N4/c1-16-5-2-3-7-20(16)18-8-9-21-19(13-18)15-25-22(26-21)24-12-10-17-6-4-11-23-14-17/h2-9,11,13-15H,10,12H2,1H3,(H,24,25,26). The molecule has 0 fully saturated rings. The van der Waals surface area contributed by atoms with Crippen molar-refractivity contribution in [3.05, 3.63) is 84.3 Å². The second-order valence-corrected chi connectivity index (χ2v) is 6.32. The van der Waals surface area contributed by atoms with Crippen LogP contribution in [-0.2, 0) is 6.42 Å². The molecule has 0 radical (unpaired) electrons. The Balaban J connectivity index is 1.51. The molecule has 1 N–H and O–H groups in total. The van der Waals surface area contributed by atoms with Crippen molar-refractivity contribution in [3.63, 3.8) is 0 Å². The third kappa shape index (κ3) is 3.54. The molecule has 0 aliphatic rings. The van der Waals surface area contributed by atoms with Gasteiger partial charge in [-0.25, -0.2) is 9.97 Å². The average molecular weight is 340 g/mol. The molecule has 0 aliphatic heterocycles. The van der Waals surface area contributed by atoms with Gasteiger partial charge in [0.2, 0.25) is 5.95 Å². The van der Waals surface area contributed by atoms with E-state index in [0.29, 0.717) is 5.95 Å². The zero-order chi connectivity index (χ0) is 17.8. The van der Waals surface area contributed by atoms with Gasteiger partial charge in [0.05, 0.1) is 5.52 Å². The van der Waals surface area contributed by atoms with E-state index in [0.717, 1.165) is 23.9 Å². The molecule has 4 rings (SSSR count). The van der Waals surface area contributed by atoms with Crippen molar-refractivity contribution in [1.82, 2.24) is 15.0 Å². The number of aromatic nitrogens is 3. The summed E-state index contributed by atoms with van der Waals surface area (Å²) in [6, 6.07) is 18.8. The molecule has 0 saturated heterocycles. The molecule has 26 heavy (non-hydrogen) atoms. The Labute approximate surface area is 153 Å². The van der Waals surface area contributed by atoms with Gasteiger partial charge in [-0.15, -0.1) is 0 Å². The molecule has 0 aliphatic carbocycles. The fourth-order valence-electron chi connectivity index (χ4n) is 3.05. The van der Waals surface area contributed by atoms with E-state index in [1.165, 1.54) is 22.3 Å². The molecule has 0 amide bonds. The lowest BCUT2D eigenvalue weighted by atomic mass is 9.99. The van der Waals surface area contributed by atoms with E-state index in [2.05, 4.69) is 75.7 Å². The van der Waals surface area contributed by atoms with Crippen molar-refractivity contribution >= 4 is 16.9 Å². The quantitative estimate of drug-likeness (QED) is 0.574. The molecule has 0 spiro atoms. The first-order valence-corrected chi connectivity index (χ1v) is 8.75. The lowest BCUT2D eigenvalue weighted by Gasteiger charge is -2.08. The second-order valence-electron chi connectivity index (χ2n) is 6.32. The number of aryl methyl sites for hydroxylation is 1. The van der Waals surface area contributed by atoms with Gasteiger partial charge in [-0.3, -0.25) is 4.98 Å². The van der Waals surface area contributed by atoms with Crippen molar-refractivity contribution < 1.29 is 0 Å². The van der Waals surface area contributed by atoms with Crippen LogP contribution in [0.5, 0.6) is 0 Å². The highest BCUT2D eigenvalue weighted by molar-refractivity contribution is 5.85. The number of benzene rings is 2. The van der Waals surface area contributed by atoms with Crippen LogP contribution in [0.15, 0.2) is 73.2 Å². The number of fused-ring (bicyclic) bond motifs is 1. The largest absolute Gasteiger partial charge is 0.354 e. The fraction of sp³-hybridized carbons (Fsp3) is 0.136. The molecule has 0 saturated carbocycles. The molecular formula is C22H20N4. The van der Waals surface area contributed by atoms with Crippen LogP contribution < -0.4 is 5.32 Å². The Hall–Kier alpha value is -3.27. The Morgan fingerprint density at radius 3 is 2.73 bits per heavy atom. The van der Waals surface area contributed by atoms with E-state index in [-0.39, 0.29) is 0 Å². The van der Waals surface area contributed by atoms with Crippen molar-refractivity contribution in [2.24, 2.45) is 0 Å². The number of anilines is 1. The maximum absolute atomic E-state index is 4.63.